The summed E-state index contributed by atoms with van der Waals surface area (Å²) in [4.78, 5) is 41.9. The van der Waals surface area contributed by atoms with E-state index >= 15 is 0 Å². The average molecular weight is 540 g/mol. The van der Waals surface area contributed by atoms with Gasteiger partial charge in [0.2, 0.25) is 0 Å². The summed E-state index contributed by atoms with van der Waals surface area (Å²) in [6, 6.07) is 8.59. The van der Waals surface area contributed by atoms with Crippen LogP contribution in [0.3, 0.4) is 0 Å². The van der Waals surface area contributed by atoms with Crippen molar-refractivity contribution in [2.45, 2.75) is 51.9 Å². The van der Waals surface area contributed by atoms with Gasteiger partial charge in [-0.1, -0.05) is 25.5 Å². The topological polar surface area (TPSA) is 111 Å². The number of ether oxygens (including phenoxy) is 3. The van der Waals surface area contributed by atoms with E-state index in [-0.39, 0.29) is 30.5 Å². The number of aromatic hydroxyl groups is 1. The number of dihydropyridines is 1. The first kappa shape index (κ1) is 27.4. The van der Waals surface area contributed by atoms with E-state index in [1.54, 1.807) is 26.0 Å². The number of carbonyl (C=O) groups excluding carboxylic acids is 3. The number of ketones is 1. The van der Waals surface area contributed by atoms with Gasteiger partial charge in [-0.15, -0.1) is 11.3 Å². The van der Waals surface area contributed by atoms with Crippen molar-refractivity contribution in [2.24, 2.45) is 5.92 Å². The van der Waals surface area contributed by atoms with Gasteiger partial charge in [0.05, 0.1) is 25.9 Å². The third kappa shape index (κ3) is 5.07. The second kappa shape index (κ2) is 11.9. The second-order valence-electron chi connectivity index (χ2n) is 9.16. The van der Waals surface area contributed by atoms with Gasteiger partial charge in [0.25, 0.3) is 0 Å². The minimum Gasteiger partial charge on any atom is -0.504 e. The number of phenols is 1. The highest BCUT2D eigenvalue weighted by Crippen LogP contribution is 2.50. The first-order valence-corrected chi connectivity index (χ1v) is 13.7. The van der Waals surface area contributed by atoms with E-state index in [1.807, 2.05) is 24.4 Å². The predicted octanol–water partition coefficient (Wildman–Crippen LogP) is 4.96. The van der Waals surface area contributed by atoms with Crippen LogP contribution in [0.5, 0.6) is 11.5 Å². The fourth-order valence-corrected chi connectivity index (χ4v) is 6.19. The number of Topliss-reactive ketones (excluding diaryl/α,β-unsaturated/α-hetero) is 1. The molecule has 2 heterocycles. The normalized spacial score (nSPS) is 21.1. The molecule has 2 aromatic rings. The van der Waals surface area contributed by atoms with Crippen molar-refractivity contribution in [3.05, 3.63) is 68.7 Å². The van der Waals surface area contributed by atoms with Crippen molar-refractivity contribution in [1.82, 2.24) is 5.32 Å². The third-order valence-corrected chi connectivity index (χ3v) is 7.89. The zero-order chi connectivity index (χ0) is 27.4. The molecule has 1 aromatic heterocycles. The van der Waals surface area contributed by atoms with E-state index in [2.05, 4.69) is 5.32 Å². The number of methoxy groups -OCH3 is 1. The van der Waals surface area contributed by atoms with Crippen molar-refractivity contribution < 1.29 is 33.7 Å². The van der Waals surface area contributed by atoms with Crippen LogP contribution < -0.4 is 10.1 Å². The number of hydrogen-bond donors (Lipinski definition) is 2. The number of rotatable bonds is 9. The number of nitrogens with one attached hydrogen (secondary N) is 1. The summed E-state index contributed by atoms with van der Waals surface area (Å²) in [6.07, 6.45) is 1.73. The summed E-state index contributed by atoms with van der Waals surface area (Å²) >= 11 is 1.50. The SMILES string of the molecule is CCCC1=C(C(=O)OCC)[C@@H](c2ccc(O)c(OC)c2)C2=C(C[C@@H](c3cccs3)[C@H](C(=O)OCC)C2=O)N1. The van der Waals surface area contributed by atoms with Crippen molar-refractivity contribution >= 4 is 29.1 Å². The monoisotopic (exact) mass is 539 g/mol. The van der Waals surface area contributed by atoms with Gasteiger partial charge in [0.1, 0.15) is 5.92 Å². The highest BCUT2D eigenvalue weighted by atomic mass is 32.1. The molecular formula is C29H33NO7S. The Morgan fingerprint density at radius 2 is 1.89 bits per heavy atom. The van der Waals surface area contributed by atoms with Gasteiger partial charge in [-0.05, 0) is 55.8 Å². The largest absolute Gasteiger partial charge is 0.504 e. The van der Waals surface area contributed by atoms with Gasteiger partial charge in [-0.3, -0.25) is 9.59 Å². The zero-order valence-electron chi connectivity index (χ0n) is 22.0. The Balaban J connectivity index is 1.95. The molecule has 0 amide bonds. The molecule has 9 heteroatoms. The molecule has 0 saturated heterocycles. The maximum absolute atomic E-state index is 14.3. The van der Waals surface area contributed by atoms with Gasteiger partial charge in [-0.2, -0.15) is 0 Å². The summed E-state index contributed by atoms with van der Waals surface area (Å²) in [5.74, 6) is -3.60. The standard InChI is InChI=1S/C29H33NO7S/c1-5-9-18-26(29(34)37-7-3)23(16-11-12-20(31)21(14-16)35-4)25-19(30-18)15-17(22-10-8-13-38-22)24(27(25)32)28(33)36-6-2/h8,10-14,17,23-24,30-31H,5-7,9,15H2,1-4H3/t17-,23-,24-/m0/s1. The number of thiophene rings is 1. The molecule has 2 N–H and O–H groups in total. The lowest BCUT2D eigenvalue weighted by Crippen LogP contribution is -2.43. The zero-order valence-corrected chi connectivity index (χ0v) is 22.9. The van der Waals surface area contributed by atoms with E-state index in [1.165, 1.54) is 24.5 Å². The van der Waals surface area contributed by atoms with Crippen LogP contribution in [0.2, 0.25) is 0 Å². The molecule has 0 saturated carbocycles. The molecule has 0 bridgehead atoms. The maximum Gasteiger partial charge on any atom is 0.336 e. The van der Waals surface area contributed by atoms with Crippen LogP contribution in [0, 0.1) is 5.92 Å². The molecular weight excluding hydrogens is 506 g/mol. The Labute approximate surface area is 226 Å². The number of benzene rings is 1. The minimum atomic E-state index is -1.05. The molecule has 8 nitrogen and oxygen atoms in total. The smallest absolute Gasteiger partial charge is 0.336 e. The number of hydrogen-bond acceptors (Lipinski definition) is 9. The first-order chi connectivity index (χ1) is 18.4. The van der Waals surface area contributed by atoms with Crippen LogP contribution in [0.25, 0.3) is 0 Å². The van der Waals surface area contributed by atoms with E-state index < -0.39 is 29.7 Å². The molecule has 2 aliphatic rings. The van der Waals surface area contributed by atoms with Gasteiger partial charge in [0, 0.05) is 33.7 Å². The highest BCUT2D eigenvalue weighted by Gasteiger charge is 2.49. The van der Waals surface area contributed by atoms with Crippen LogP contribution in [-0.4, -0.2) is 43.2 Å². The number of carbonyl (C=O) groups is 3. The summed E-state index contributed by atoms with van der Waals surface area (Å²) in [6.45, 7) is 5.77. The van der Waals surface area contributed by atoms with Crippen LogP contribution in [-0.2, 0) is 23.9 Å². The second-order valence-corrected chi connectivity index (χ2v) is 10.1. The fourth-order valence-electron chi connectivity index (χ4n) is 5.32. The summed E-state index contributed by atoms with van der Waals surface area (Å²) < 4.78 is 16.2. The van der Waals surface area contributed by atoms with Gasteiger partial charge < -0.3 is 24.6 Å². The molecule has 1 aliphatic heterocycles. The van der Waals surface area contributed by atoms with Gasteiger partial charge >= 0.3 is 11.9 Å². The minimum absolute atomic E-state index is 0.0630. The summed E-state index contributed by atoms with van der Waals surface area (Å²) in [5.41, 5.74) is 2.62. The summed E-state index contributed by atoms with van der Waals surface area (Å²) in [7, 11) is 1.44. The quantitative estimate of drug-likeness (QED) is 0.340. The van der Waals surface area contributed by atoms with E-state index in [4.69, 9.17) is 14.2 Å². The third-order valence-electron chi connectivity index (χ3n) is 6.89. The average Bonchev–Trinajstić information content (AvgIpc) is 3.43. The van der Waals surface area contributed by atoms with Crippen LogP contribution in [0.15, 0.2) is 58.3 Å². The number of esters is 2. The molecule has 202 valence electrons. The van der Waals surface area contributed by atoms with Crippen molar-refractivity contribution in [3.8, 4) is 11.5 Å². The fraction of sp³-hybridized carbons (Fsp3) is 0.414. The predicted molar refractivity (Wildman–Crippen MR) is 143 cm³/mol. The van der Waals surface area contributed by atoms with E-state index in [0.717, 1.165) is 11.3 Å². The number of phenolic OH excluding ortho intramolecular Hbond substituents is 1. The van der Waals surface area contributed by atoms with Crippen molar-refractivity contribution in [2.75, 3.05) is 20.3 Å². The maximum atomic E-state index is 14.3. The number of allylic oxidation sites excluding steroid dienone is 3. The molecule has 38 heavy (non-hydrogen) atoms. The Kier molecular flexibility index (Phi) is 8.56. The molecule has 1 aliphatic carbocycles. The highest BCUT2D eigenvalue weighted by molar-refractivity contribution is 7.10. The Hall–Kier alpha value is -3.59. The molecule has 4 rings (SSSR count). The van der Waals surface area contributed by atoms with Gasteiger partial charge in [-0.25, -0.2) is 4.79 Å². The van der Waals surface area contributed by atoms with Crippen LogP contribution >= 0.6 is 11.3 Å². The molecule has 0 radical (unpaired) electrons. The Bertz CT molecular complexity index is 1280. The van der Waals surface area contributed by atoms with Crippen LogP contribution in [0.4, 0.5) is 0 Å². The summed E-state index contributed by atoms with van der Waals surface area (Å²) in [5, 5.41) is 15.6. The van der Waals surface area contributed by atoms with Crippen LogP contribution in [0.1, 0.15) is 62.3 Å². The van der Waals surface area contributed by atoms with Crippen molar-refractivity contribution in [3.63, 3.8) is 0 Å². The Morgan fingerprint density at radius 1 is 1.13 bits per heavy atom. The molecule has 3 atom stereocenters. The molecule has 1 aromatic carbocycles. The lowest BCUT2D eigenvalue weighted by molar-refractivity contribution is -0.152. The van der Waals surface area contributed by atoms with Crippen molar-refractivity contribution in [1.29, 1.82) is 0 Å². The molecule has 0 fully saturated rings. The van der Waals surface area contributed by atoms with E-state index in [9.17, 15) is 19.5 Å². The lowest BCUT2D eigenvalue weighted by Gasteiger charge is -2.39. The molecule has 0 unspecified atom stereocenters. The first-order valence-electron chi connectivity index (χ1n) is 12.9. The van der Waals surface area contributed by atoms with Gasteiger partial charge in [0.15, 0.2) is 17.3 Å². The Morgan fingerprint density at radius 3 is 2.53 bits per heavy atom. The molecule has 0 spiro atoms. The lowest BCUT2D eigenvalue weighted by atomic mass is 9.68. The van der Waals surface area contributed by atoms with E-state index in [0.29, 0.717) is 40.9 Å².